The summed E-state index contributed by atoms with van der Waals surface area (Å²) < 4.78 is 0. The number of rotatable bonds is 5. The number of likely N-dealkylation sites (tertiary alicyclic amines) is 1. The molecule has 6 nitrogen and oxygen atoms in total. The van der Waals surface area contributed by atoms with Crippen LogP contribution in [0.25, 0.3) is 0 Å². The van der Waals surface area contributed by atoms with Crippen molar-refractivity contribution < 1.29 is 19.5 Å². The lowest BCUT2D eigenvalue weighted by molar-refractivity contribution is -0.138. The van der Waals surface area contributed by atoms with Gasteiger partial charge in [0.05, 0.1) is 6.42 Å². The summed E-state index contributed by atoms with van der Waals surface area (Å²) in [6, 6.07) is -0.605. The normalized spacial score (nSPS) is 22.2. The molecule has 0 aromatic carbocycles. The van der Waals surface area contributed by atoms with Crippen LogP contribution in [0.1, 0.15) is 26.2 Å². The van der Waals surface area contributed by atoms with Crippen LogP contribution >= 0.6 is 0 Å². The van der Waals surface area contributed by atoms with Crippen molar-refractivity contribution in [1.29, 1.82) is 0 Å². The highest BCUT2D eigenvalue weighted by atomic mass is 16.4. The summed E-state index contributed by atoms with van der Waals surface area (Å²) in [6.45, 7) is 2.08. The van der Waals surface area contributed by atoms with Gasteiger partial charge in [-0.15, -0.1) is 0 Å². The van der Waals surface area contributed by atoms with Crippen molar-refractivity contribution in [2.45, 2.75) is 32.2 Å². The monoisotopic (exact) mass is 228 g/mol. The van der Waals surface area contributed by atoms with E-state index in [0.717, 1.165) is 0 Å². The quantitative estimate of drug-likeness (QED) is 0.666. The van der Waals surface area contributed by atoms with Crippen LogP contribution in [0.4, 0.5) is 0 Å². The van der Waals surface area contributed by atoms with Crippen LogP contribution in [0.2, 0.25) is 0 Å². The molecular weight excluding hydrogens is 212 g/mol. The van der Waals surface area contributed by atoms with Crippen molar-refractivity contribution in [1.82, 2.24) is 4.90 Å². The number of hydrogen-bond donors (Lipinski definition) is 2. The molecule has 6 heteroatoms. The second kappa shape index (κ2) is 4.96. The molecule has 0 spiro atoms. The maximum Gasteiger partial charge on any atom is 0.303 e. The number of nitrogens with zero attached hydrogens (tertiary/aromatic N) is 1. The van der Waals surface area contributed by atoms with Gasteiger partial charge in [-0.1, -0.05) is 6.92 Å². The number of amides is 2. The molecule has 1 unspecified atom stereocenters. The van der Waals surface area contributed by atoms with Gasteiger partial charge < -0.3 is 15.7 Å². The second-order valence-electron chi connectivity index (χ2n) is 4.04. The maximum absolute atomic E-state index is 11.6. The van der Waals surface area contributed by atoms with E-state index in [0.29, 0.717) is 13.0 Å². The number of carboxylic acid groups (broad SMARTS) is 1. The molecule has 0 bridgehead atoms. The Morgan fingerprint density at radius 3 is 2.69 bits per heavy atom. The topological polar surface area (TPSA) is 101 Å². The number of nitrogens with two attached hydrogens (primary N) is 1. The van der Waals surface area contributed by atoms with Gasteiger partial charge in [0, 0.05) is 13.0 Å². The maximum atomic E-state index is 11.6. The number of hydrogen-bond acceptors (Lipinski definition) is 3. The van der Waals surface area contributed by atoms with E-state index in [1.165, 1.54) is 4.90 Å². The van der Waals surface area contributed by atoms with Crippen LogP contribution in [0.3, 0.4) is 0 Å². The SMILES string of the molecule is CC[C@@H](C(N)=O)N1CC(CC(=O)O)CC1=O. The van der Waals surface area contributed by atoms with Crippen molar-refractivity contribution in [3.8, 4) is 0 Å². The smallest absolute Gasteiger partial charge is 0.303 e. The van der Waals surface area contributed by atoms with Crippen molar-refractivity contribution in [2.75, 3.05) is 6.54 Å². The largest absolute Gasteiger partial charge is 0.481 e. The summed E-state index contributed by atoms with van der Waals surface area (Å²) in [5.41, 5.74) is 5.19. The first-order valence-corrected chi connectivity index (χ1v) is 5.26. The Kier molecular flexibility index (Phi) is 3.87. The lowest BCUT2D eigenvalue weighted by Crippen LogP contribution is -2.45. The van der Waals surface area contributed by atoms with Gasteiger partial charge in [-0.25, -0.2) is 0 Å². The van der Waals surface area contributed by atoms with E-state index in [1.54, 1.807) is 6.92 Å². The predicted molar refractivity (Wildman–Crippen MR) is 55.3 cm³/mol. The molecule has 1 saturated heterocycles. The van der Waals surface area contributed by atoms with E-state index in [2.05, 4.69) is 0 Å². The second-order valence-corrected chi connectivity index (χ2v) is 4.04. The van der Waals surface area contributed by atoms with Gasteiger partial charge in [-0.3, -0.25) is 14.4 Å². The summed E-state index contributed by atoms with van der Waals surface area (Å²) in [5, 5.41) is 8.63. The molecule has 1 aliphatic rings. The molecule has 1 aliphatic heterocycles. The first kappa shape index (κ1) is 12.5. The Bertz CT molecular complexity index is 316. The minimum Gasteiger partial charge on any atom is -0.481 e. The molecule has 2 amide bonds. The molecule has 0 aliphatic carbocycles. The van der Waals surface area contributed by atoms with Crippen LogP contribution in [0.15, 0.2) is 0 Å². The predicted octanol–water partition coefficient (Wildman–Crippen LogP) is -0.426. The van der Waals surface area contributed by atoms with E-state index in [9.17, 15) is 14.4 Å². The third-order valence-corrected chi connectivity index (χ3v) is 2.79. The Labute approximate surface area is 93.4 Å². The Hall–Kier alpha value is -1.59. The van der Waals surface area contributed by atoms with Crippen LogP contribution in [-0.2, 0) is 14.4 Å². The molecule has 16 heavy (non-hydrogen) atoms. The average Bonchev–Trinajstić information content (AvgIpc) is 2.46. The van der Waals surface area contributed by atoms with Crippen LogP contribution in [0.5, 0.6) is 0 Å². The fourth-order valence-electron chi connectivity index (χ4n) is 2.07. The van der Waals surface area contributed by atoms with Gasteiger partial charge in [0.2, 0.25) is 11.8 Å². The minimum atomic E-state index is -0.924. The van der Waals surface area contributed by atoms with Gasteiger partial charge in [0.1, 0.15) is 6.04 Å². The van der Waals surface area contributed by atoms with Gasteiger partial charge in [0.15, 0.2) is 0 Å². The van der Waals surface area contributed by atoms with Crippen molar-refractivity contribution in [2.24, 2.45) is 11.7 Å². The minimum absolute atomic E-state index is 0.0442. The molecule has 1 heterocycles. The zero-order valence-electron chi connectivity index (χ0n) is 9.18. The fourth-order valence-corrected chi connectivity index (χ4v) is 2.07. The molecule has 90 valence electrons. The Morgan fingerprint density at radius 1 is 1.62 bits per heavy atom. The molecular formula is C10H16N2O4. The molecule has 3 N–H and O–H groups in total. The Morgan fingerprint density at radius 2 is 2.25 bits per heavy atom. The van der Waals surface area contributed by atoms with E-state index < -0.39 is 17.9 Å². The molecule has 0 aromatic heterocycles. The van der Waals surface area contributed by atoms with Crippen LogP contribution in [-0.4, -0.2) is 40.4 Å². The van der Waals surface area contributed by atoms with E-state index in [4.69, 9.17) is 10.8 Å². The summed E-state index contributed by atoms with van der Waals surface area (Å²) >= 11 is 0. The third kappa shape index (κ3) is 2.71. The summed E-state index contributed by atoms with van der Waals surface area (Å²) in [5.74, 6) is -1.85. The highest BCUT2D eigenvalue weighted by Crippen LogP contribution is 2.23. The van der Waals surface area contributed by atoms with E-state index in [-0.39, 0.29) is 24.7 Å². The van der Waals surface area contributed by atoms with E-state index >= 15 is 0 Å². The summed E-state index contributed by atoms with van der Waals surface area (Å²) in [6.07, 6.45) is 0.606. The Balaban J connectivity index is 2.66. The van der Waals surface area contributed by atoms with Gasteiger partial charge in [0.25, 0.3) is 0 Å². The summed E-state index contributed by atoms with van der Waals surface area (Å²) in [4.78, 5) is 34.6. The molecule has 0 radical (unpaired) electrons. The molecule has 1 fully saturated rings. The van der Waals surface area contributed by atoms with Crippen LogP contribution in [0, 0.1) is 5.92 Å². The number of aliphatic carboxylic acids is 1. The molecule has 0 saturated carbocycles. The summed E-state index contributed by atoms with van der Waals surface area (Å²) in [7, 11) is 0. The van der Waals surface area contributed by atoms with Crippen molar-refractivity contribution in [3.05, 3.63) is 0 Å². The first-order valence-electron chi connectivity index (χ1n) is 5.26. The lowest BCUT2D eigenvalue weighted by atomic mass is 10.1. The van der Waals surface area contributed by atoms with Crippen molar-refractivity contribution in [3.63, 3.8) is 0 Å². The number of carbonyl (C=O) groups is 3. The van der Waals surface area contributed by atoms with Gasteiger partial charge in [-0.05, 0) is 12.3 Å². The zero-order valence-corrected chi connectivity index (χ0v) is 9.18. The highest BCUT2D eigenvalue weighted by molar-refractivity contribution is 5.88. The standard InChI is InChI=1S/C10H16N2O4/c1-2-7(10(11)16)12-5-6(3-8(12)13)4-9(14)15/h6-7H,2-5H2,1H3,(H2,11,16)(H,14,15)/t6?,7-/m0/s1. The van der Waals surface area contributed by atoms with Crippen molar-refractivity contribution >= 4 is 17.8 Å². The zero-order chi connectivity index (χ0) is 12.3. The van der Waals surface area contributed by atoms with Gasteiger partial charge in [-0.2, -0.15) is 0 Å². The lowest BCUT2D eigenvalue weighted by Gasteiger charge is -2.24. The number of carboxylic acids is 1. The number of carbonyl (C=O) groups excluding carboxylic acids is 2. The molecule has 1 rings (SSSR count). The number of primary amides is 1. The van der Waals surface area contributed by atoms with Crippen LogP contribution < -0.4 is 5.73 Å². The average molecular weight is 228 g/mol. The van der Waals surface area contributed by atoms with E-state index in [1.807, 2.05) is 0 Å². The molecule has 2 atom stereocenters. The highest BCUT2D eigenvalue weighted by Gasteiger charge is 2.36. The first-order chi connectivity index (χ1) is 7.45. The molecule has 0 aromatic rings. The third-order valence-electron chi connectivity index (χ3n) is 2.79. The fraction of sp³-hybridized carbons (Fsp3) is 0.700. The van der Waals surface area contributed by atoms with Gasteiger partial charge >= 0.3 is 5.97 Å².